The molecule has 0 amide bonds. The average molecular weight is 614 g/mol. The van der Waals surface area contributed by atoms with E-state index in [2.05, 4.69) is 21.9 Å². The van der Waals surface area contributed by atoms with Gasteiger partial charge in [0.15, 0.2) is 11.2 Å². The van der Waals surface area contributed by atoms with Gasteiger partial charge in [0.2, 0.25) is 5.95 Å². The van der Waals surface area contributed by atoms with Crippen LogP contribution < -0.4 is 11.3 Å². The van der Waals surface area contributed by atoms with E-state index in [1.807, 2.05) is 0 Å². The molecular weight excluding hydrogens is 557 g/mol. The van der Waals surface area contributed by atoms with Gasteiger partial charge in [0.25, 0.3) is 5.56 Å². The van der Waals surface area contributed by atoms with Crippen LogP contribution in [-0.4, -0.2) is 56.7 Å². The second-order valence-electron chi connectivity index (χ2n) is 11.4. The van der Waals surface area contributed by atoms with Crippen LogP contribution in [0.2, 0.25) is 0 Å². The van der Waals surface area contributed by atoms with Gasteiger partial charge in [0, 0.05) is 13.2 Å². The summed E-state index contributed by atoms with van der Waals surface area (Å²) in [4.78, 5) is 32.5. The van der Waals surface area contributed by atoms with E-state index in [-0.39, 0.29) is 24.6 Å². The van der Waals surface area contributed by atoms with Crippen molar-refractivity contribution in [2.45, 2.75) is 136 Å². The summed E-state index contributed by atoms with van der Waals surface area (Å²) in [6, 6.07) is 0. The lowest BCUT2D eigenvalue weighted by atomic mass is 10.0. The maximum Gasteiger partial charge on any atom is 0.353 e. The number of fused-ring (bicyclic) bond motifs is 1. The Morgan fingerprint density at radius 1 is 0.905 bits per heavy atom. The molecule has 11 nitrogen and oxygen atoms in total. The van der Waals surface area contributed by atoms with E-state index in [0.29, 0.717) is 25.3 Å². The molecule has 4 N–H and O–H groups in total. The zero-order chi connectivity index (χ0) is 30.5. The summed E-state index contributed by atoms with van der Waals surface area (Å²) < 4.78 is 30.2. The highest BCUT2D eigenvalue weighted by Crippen LogP contribution is 2.42. The van der Waals surface area contributed by atoms with Crippen LogP contribution >= 0.6 is 7.60 Å². The maximum atomic E-state index is 12.3. The van der Waals surface area contributed by atoms with Crippen molar-refractivity contribution in [1.29, 1.82) is 0 Å². The molecule has 2 rings (SSSR count). The molecule has 2 heterocycles. The number of H-pyrrole nitrogens is 1. The van der Waals surface area contributed by atoms with Gasteiger partial charge in [-0.1, -0.05) is 103 Å². The number of aromatic nitrogens is 4. The number of hydrogen-bond acceptors (Lipinski definition) is 8. The fraction of sp³-hybridized carbons (Fsp3) is 0.833. The van der Waals surface area contributed by atoms with Crippen molar-refractivity contribution in [2.24, 2.45) is 0 Å². The number of ether oxygens (including phenoxy) is 2. The molecule has 2 aromatic heterocycles. The fourth-order valence-corrected chi connectivity index (χ4v) is 5.85. The molecule has 0 bridgehead atoms. The van der Waals surface area contributed by atoms with Gasteiger partial charge in [-0.15, -0.1) is 0 Å². The molecule has 1 unspecified atom stereocenters. The van der Waals surface area contributed by atoms with Gasteiger partial charge in [0.1, 0.15) is 6.35 Å². The van der Waals surface area contributed by atoms with E-state index >= 15 is 0 Å². The first-order chi connectivity index (χ1) is 20.3. The van der Waals surface area contributed by atoms with Crippen molar-refractivity contribution >= 4 is 24.7 Å². The Balaban J connectivity index is 1.37. The third-order valence-corrected chi connectivity index (χ3v) is 8.40. The van der Waals surface area contributed by atoms with Gasteiger partial charge in [-0.05, 0) is 19.8 Å². The van der Waals surface area contributed by atoms with E-state index < -0.39 is 25.6 Å². The van der Waals surface area contributed by atoms with Crippen molar-refractivity contribution in [3.63, 3.8) is 0 Å². The summed E-state index contributed by atoms with van der Waals surface area (Å²) in [5.41, 5.74) is 5.69. The molecule has 0 aliphatic carbocycles. The highest BCUT2D eigenvalue weighted by atomic mass is 31.2. The van der Waals surface area contributed by atoms with Crippen LogP contribution in [0.25, 0.3) is 11.2 Å². The fourth-order valence-electron chi connectivity index (χ4n) is 4.92. The zero-order valence-corrected chi connectivity index (χ0v) is 27.0. The summed E-state index contributed by atoms with van der Waals surface area (Å²) in [7, 11) is -3.89. The molecule has 0 aliphatic rings. The smallest absolute Gasteiger partial charge is 0.353 e. The number of imidazole rings is 1. The lowest BCUT2D eigenvalue weighted by Gasteiger charge is -2.17. The maximum absolute atomic E-state index is 12.3. The molecule has 2 aromatic rings. The quantitative estimate of drug-likeness (QED) is 0.0718. The molecule has 12 heteroatoms. The van der Waals surface area contributed by atoms with E-state index in [1.54, 1.807) is 11.5 Å². The second-order valence-corrected chi connectivity index (χ2v) is 13.2. The number of rotatable bonds is 27. The minimum Gasteiger partial charge on any atom is -0.381 e. The molecular formula is C30H56N5O6P. The van der Waals surface area contributed by atoms with Crippen LogP contribution in [-0.2, 0) is 25.1 Å². The summed E-state index contributed by atoms with van der Waals surface area (Å²) in [6.07, 6.45) is 22.6. The van der Waals surface area contributed by atoms with Gasteiger partial charge < -0.3 is 29.2 Å². The Morgan fingerprint density at radius 3 is 2.05 bits per heavy atom. The zero-order valence-electron chi connectivity index (χ0n) is 26.1. The number of hydrogen-bond donors (Lipinski definition) is 3. The molecule has 0 saturated carbocycles. The third-order valence-electron chi connectivity index (χ3n) is 7.34. The topological polar surface area (TPSA) is 155 Å². The SMILES string of the molecule is CCCCCCCCCCCCCCCCCCOCCCOP(=O)(O)CO[C@H](C)Cn1cnc2c(=O)[nH]c(N)nc21. The van der Waals surface area contributed by atoms with Crippen molar-refractivity contribution in [1.82, 2.24) is 19.5 Å². The van der Waals surface area contributed by atoms with Crippen LogP contribution in [0.15, 0.2) is 11.1 Å². The molecule has 0 radical (unpaired) electrons. The summed E-state index contributed by atoms with van der Waals surface area (Å²) in [6.45, 7) is 5.63. The Morgan fingerprint density at radius 2 is 1.45 bits per heavy atom. The van der Waals surface area contributed by atoms with Crippen molar-refractivity contribution in [2.75, 3.05) is 31.9 Å². The predicted molar refractivity (Wildman–Crippen MR) is 169 cm³/mol. The van der Waals surface area contributed by atoms with Crippen molar-refractivity contribution in [3.05, 3.63) is 16.7 Å². The molecule has 0 spiro atoms. The Bertz CT molecular complexity index is 1080. The van der Waals surface area contributed by atoms with Gasteiger partial charge >= 0.3 is 7.60 Å². The first-order valence-electron chi connectivity index (χ1n) is 16.2. The monoisotopic (exact) mass is 613 g/mol. The summed E-state index contributed by atoms with van der Waals surface area (Å²) in [5, 5.41) is 0. The minimum atomic E-state index is -3.89. The van der Waals surface area contributed by atoms with Crippen molar-refractivity contribution < 1.29 is 23.5 Å². The third kappa shape index (κ3) is 16.2. The van der Waals surface area contributed by atoms with Crippen LogP contribution in [0.1, 0.15) is 123 Å². The highest BCUT2D eigenvalue weighted by molar-refractivity contribution is 7.52. The van der Waals surface area contributed by atoms with E-state index in [0.717, 1.165) is 6.42 Å². The molecule has 0 aromatic carbocycles. The molecule has 2 atom stereocenters. The summed E-state index contributed by atoms with van der Waals surface area (Å²) in [5.74, 6) is -0.00918. The normalized spacial score (nSPS) is 14.0. The number of anilines is 1. The minimum absolute atomic E-state index is 0.00918. The predicted octanol–water partition coefficient (Wildman–Crippen LogP) is 6.93. The van der Waals surface area contributed by atoms with Crippen LogP contribution in [0.3, 0.4) is 0 Å². The van der Waals surface area contributed by atoms with E-state index in [1.165, 1.54) is 103 Å². The Kier molecular flexibility index (Phi) is 18.9. The molecule has 0 fully saturated rings. The lowest BCUT2D eigenvalue weighted by Crippen LogP contribution is -2.19. The number of nitrogens with zero attached hydrogens (tertiary/aromatic N) is 3. The second kappa shape index (κ2) is 21.8. The largest absolute Gasteiger partial charge is 0.381 e. The first kappa shape index (κ1) is 36.4. The first-order valence-corrected chi connectivity index (χ1v) is 17.9. The van der Waals surface area contributed by atoms with Gasteiger partial charge in [-0.2, -0.15) is 4.98 Å². The van der Waals surface area contributed by atoms with Gasteiger partial charge in [-0.3, -0.25) is 14.3 Å². The van der Waals surface area contributed by atoms with E-state index in [4.69, 9.17) is 19.7 Å². The van der Waals surface area contributed by atoms with Crippen molar-refractivity contribution in [3.8, 4) is 0 Å². The van der Waals surface area contributed by atoms with E-state index in [9.17, 15) is 14.3 Å². The number of nitrogen functional groups attached to an aromatic ring is 1. The highest BCUT2D eigenvalue weighted by Gasteiger charge is 2.21. The number of nitrogens with two attached hydrogens (primary N) is 1. The lowest BCUT2D eigenvalue weighted by molar-refractivity contribution is 0.0688. The van der Waals surface area contributed by atoms with Crippen LogP contribution in [0.5, 0.6) is 0 Å². The molecule has 42 heavy (non-hydrogen) atoms. The number of aromatic amines is 1. The van der Waals surface area contributed by atoms with Gasteiger partial charge in [0.05, 0.1) is 25.6 Å². The molecule has 242 valence electrons. The Hall–Kier alpha value is -1.78. The summed E-state index contributed by atoms with van der Waals surface area (Å²) >= 11 is 0. The number of nitrogens with one attached hydrogen (secondary N) is 1. The molecule has 0 aliphatic heterocycles. The number of unbranched alkanes of at least 4 members (excludes halogenated alkanes) is 15. The molecule has 0 saturated heterocycles. The van der Waals surface area contributed by atoms with Crippen LogP contribution in [0.4, 0.5) is 5.95 Å². The van der Waals surface area contributed by atoms with Crippen LogP contribution in [0, 0.1) is 0 Å². The Labute approximate surface area is 251 Å². The van der Waals surface area contributed by atoms with Gasteiger partial charge in [-0.25, -0.2) is 4.98 Å². The standard InChI is InChI=1S/C30H56N5O6P/c1-3-4-5-6-7-8-9-10-11-12-13-14-15-16-17-18-20-39-21-19-22-41-42(37,38)25-40-26(2)23-35-24-32-27-28(35)33-30(31)34-29(27)36/h24,26H,3-23,25H2,1-2H3,(H,37,38)(H3,31,33,34,36)/t26-/m1/s1. The average Bonchev–Trinajstić information content (AvgIpc) is 3.35.